The summed E-state index contributed by atoms with van der Waals surface area (Å²) in [7, 11) is 0. The topological polar surface area (TPSA) is 26.0 Å². The van der Waals surface area contributed by atoms with Crippen molar-refractivity contribution >= 4 is 15.9 Å². The van der Waals surface area contributed by atoms with E-state index in [0.717, 1.165) is 6.07 Å². The van der Waals surface area contributed by atoms with Crippen LogP contribution in [0.15, 0.2) is 22.7 Å². The Morgan fingerprint density at radius 1 is 1.33 bits per heavy atom. The number of nitrogens with two attached hydrogens (primary N) is 1. The summed E-state index contributed by atoms with van der Waals surface area (Å²) in [6.07, 6.45) is -4.47. The first kappa shape index (κ1) is 12.4. The van der Waals surface area contributed by atoms with Crippen molar-refractivity contribution in [2.45, 2.75) is 12.1 Å². The van der Waals surface area contributed by atoms with Crippen LogP contribution in [0.5, 0.6) is 0 Å². The van der Waals surface area contributed by atoms with Gasteiger partial charge in [-0.15, -0.1) is 0 Å². The molecule has 0 heterocycles. The molecule has 0 radical (unpaired) electrons. The van der Waals surface area contributed by atoms with E-state index in [1.54, 1.807) is 0 Å². The maximum atomic E-state index is 13.0. The summed E-state index contributed by atoms with van der Waals surface area (Å²) < 4.78 is 50.3. The summed E-state index contributed by atoms with van der Waals surface area (Å²) in [5.41, 5.74) is 4.87. The quantitative estimate of drug-likeness (QED) is 0.830. The number of benzene rings is 1. The summed E-state index contributed by atoms with van der Waals surface area (Å²) in [5.74, 6) is -2.57. The molecule has 0 fully saturated rings. The lowest BCUT2D eigenvalue weighted by Gasteiger charge is -2.20. The monoisotopic (exact) mass is 285 g/mol. The van der Waals surface area contributed by atoms with Gasteiger partial charge in [-0.3, -0.25) is 0 Å². The van der Waals surface area contributed by atoms with E-state index in [1.165, 1.54) is 12.1 Å². The van der Waals surface area contributed by atoms with E-state index in [9.17, 15) is 17.6 Å². The number of alkyl halides is 3. The Bertz CT molecular complexity index is 350. The lowest BCUT2D eigenvalue weighted by atomic mass is 9.99. The fourth-order valence-corrected chi connectivity index (χ4v) is 1.77. The van der Waals surface area contributed by atoms with Gasteiger partial charge in [0.25, 0.3) is 0 Å². The zero-order chi connectivity index (χ0) is 11.6. The van der Waals surface area contributed by atoms with Crippen molar-refractivity contribution in [1.29, 1.82) is 0 Å². The highest BCUT2D eigenvalue weighted by Gasteiger charge is 2.40. The molecule has 0 aliphatic heterocycles. The molecule has 6 heteroatoms. The van der Waals surface area contributed by atoms with Gasteiger partial charge in [0.05, 0.1) is 10.4 Å². The largest absolute Gasteiger partial charge is 0.396 e. The van der Waals surface area contributed by atoms with Gasteiger partial charge in [-0.1, -0.05) is 12.1 Å². The Hall–Kier alpha value is -0.620. The predicted molar refractivity (Wildman–Crippen MR) is 52.0 cm³/mol. The van der Waals surface area contributed by atoms with Crippen molar-refractivity contribution in [2.75, 3.05) is 6.54 Å². The molecule has 1 nitrogen and oxygen atoms in total. The molecule has 1 aromatic rings. The summed E-state index contributed by atoms with van der Waals surface area (Å²) in [4.78, 5) is 0. The molecule has 15 heavy (non-hydrogen) atoms. The zero-order valence-electron chi connectivity index (χ0n) is 7.48. The maximum absolute atomic E-state index is 13.0. The average molecular weight is 286 g/mol. The molecule has 1 unspecified atom stereocenters. The molecule has 0 aliphatic rings. The molecular formula is C9H8BrF4N. The molecule has 2 N–H and O–H groups in total. The van der Waals surface area contributed by atoms with Gasteiger partial charge in [0.15, 0.2) is 0 Å². The van der Waals surface area contributed by atoms with Crippen LogP contribution in [0.4, 0.5) is 17.6 Å². The molecule has 1 aromatic carbocycles. The first-order valence-electron chi connectivity index (χ1n) is 4.08. The fourth-order valence-electron chi connectivity index (χ4n) is 1.23. The molecule has 0 aromatic heterocycles. The Labute approximate surface area is 92.4 Å². The van der Waals surface area contributed by atoms with Crippen molar-refractivity contribution in [2.24, 2.45) is 5.73 Å². The fraction of sp³-hybridized carbons (Fsp3) is 0.333. The van der Waals surface area contributed by atoms with E-state index >= 15 is 0 Å². The van der Waals surface area contributed by atoms with Crippen LogP contribution in [0, 0.1) is 5.82 Å². The van der Waals surface area contributed by atoms with E-state index in [1.807, 2.05) is 0 Å². The van der Waals surface area contributed by atoms with E-state index in [4.69, 9.17) is 5.73 Å². The molecule has 0 saturated heterocycles. The second-order valence-electron chi connectivity index (χ2n) is 2.97. The van der Waals surface area contributed by atoms with Gasteiger partial charge in [-0.25, -0.2) is 4.39 Å². The van der Waals surface area contributed by atoms with Gasteiger partial charge >= 0.3 is 6.18 Å². The molecule has 1 rings (SSSR count). The van der Waals surface area contributed by atoms with Crippen LogP contribution >= 0.6 is 15.9 Å². The molecule has 84 valence electrons. The van der Waals surface area contributed by atoms with E-state index in [2.05, 4.69) is 15.9 Å². The summed E-state index contributed by atoms with van der Waals surface area (Å²) in [6, 6.07) is 3.51. The van der Waals surface area contributed by atoms with Crippen molar-refractivity contribution in [3.05, 3.63) is 34.1 Å². The van der Waals surface area contributed by atoms with E-state index in [-0.39, 0.29) is 10.0 Å². The second-order valence-corrected chi connectivity index (χ2v) is 3.77. The van der Waals surface area contributed by atoms with Gasteiger partial charge in [-0.05, 0) is 27.6 Å². The average Bonchev–Trinajstić information content (AvgIpc) is 2.11. The molecule has 0 aliphatic carbocycles. The van der Waals surface area contributed by atoms with Crippen molar-refractivity contribution in [3.8, 4) is 0 Å². The first-order valence-corrected chi connectivity index (χ1v) is 4.88. The van der Waals surface area contributed by atoms with Gasteiger partial charge in [0.1, 0.15) is 5.82 Å². The summed E-state index contributed by atoms with van der Waals surface area (Å²) >= 11 is 2.78. The smallest absolute Gasteiger partial charge is 0.330 e. The maximum Gasteiger partial charge on any atom is 0.396 e. The minimum atomic E-state index is -4.47. The van der Waals surface area contributed by atoms with Crippen molar-refractivity contribution in [1.82, 2.24) is 0 Å². The van der Waals surface area contributed by atoms with Crippen molar-refractivity contribution in [3.63, 3.8) is 0 Å². The third-order valence-electron chi connectivity index (χ3n) is 1.99. The molecular weight excluding hydrogens is 278 g/mol. The van der Waals surface area contributed by atoms with Gasteiger partial charge in [-0.2, -0.15) is 13.2 Å². The molecule has 1 atom stereocenters. The number of halogens is 5. The standard InChI is InChI=1S/C9H8BrF4N/c10-8-5(2-1-3-7(8)11)6(4-15)9(12,13)14/h1-3,6H,4,15H2. The SMILES string of the molecule is NCC(c1cccc(F)c1Br)C(F)(F)F. The van der Waals surface area contributed by atoms with Crippen LogP contribution in [-0.2, 0) is 0 Å². The molecule has 0 amide bonds. The summed E-state index contributed by atoms with van der Waals surface area (Å²) in [6.45, 7) is -0.606. The molecule has 0 saturated carbocycles. The van der Waals surface area contributed by atoms with Gasteiger partial charge < -0.3 is 5.73 Å². The zero-order valence-corrected chi connectivity index (χ0v) is 9.07. The third-order valence-corrected chi connectivity index (χ3v) is 2.82. The highest BCUT2D eigenvalue weighted by atomic mass is 79.9. The first-order chi connectivity index (χ1) is 6.88. The predicted octanol–water partition coefficient (Wildman–Crippen LogP) is 3.19. The number of hydrogen-bond acceptors (Lipinski definition) is 1. The molecule has 0 spiro atoms. The van der Waals surface area contributed by atoms with Crippen LogP contribution in [0.25, 0.3) is 0 Å². The van der Waals surface area contributed by atoms with Crippen LogP contribution in [0.3, 0.4) is 0 Å². The van der Waals surface area contributed by atoms with Crippen LogP contribution in [0.2, 0.25) is 0 Å². The van der Waals surface area contributed by atoms with Crippen LogP contribution in [-0.4, -0.2) is 12.7 Å². The Morgan fingerprint density at radius 3 is 2.40 bits per heavy atom. The molecule has 0 bridgehead atoms. The second kappa shape index (κ2) is 4.49. The number of rotatable bonds is 2. The third kappa shape index (κ3) is 2.69. The summed E-state index contributed by atoms with van der Waals surface area (Å²) in [5, 5.41) is 0. The van der Waals surface area contributed by atoms with Crippen LogP contribution in [0.1, 0.15) is 11.5 Å². The lowest BCUT2D eigenvalue weighted by Crippen LogP contribution is -2.28. The Balaban J connectivity index is 3.19. The minimum Gasteiger partial charge on any atom is -0.330 e. The van der Waals surface area contributed by atoms with Gasteiger partial charge in [0.2, 0.25) is 0 Å². The lowest BCUT2D eigenvalue weighted by molar-refractivity contribution is -0.148. The van der Waals surface area contributed by atoms with Crippen LogP contribution < -0.4 is 5.73 Å². The Morgan fingerprint density at radius 2 is 1.93 bits per heavy atom. The van der Waals surface area contributed by atoms with Crippen molar-refractivity contribution < 1.29 is 17.6 Å². The minimum absolute atomic E-state index is 0.176. The van der Waals surface area contributed by atoms with E-state index in [0.29, 0.717) is 0 Å². The highest BCUT2D eigenvalue weighted by molar-refractivity contribution is 9.10. The highest BCUT2D eigenvalue weighted by Crippen LogP contribution is 2.37. The number of hydrogen-bond donors (Lipinski definition) is 1. The Kier molecular flexibility index (Phi) is 3.72. The van der Waals surface area contributed by atoms with E-state index < -0.39 is 24.5 Å². The normalized spacial score (nSPS) is 14.0. The van der Waals surface area contributed by atoms with Gasteiger partial charge in [0, 0.05) is 6.54 Å².